The van der Waals surface area contributed by atoms with Gasteiger partial charge in [0.15, 0.2) is 17.5 Å². The van der Waals surface area contributed by atoms with Gasteiger partial charge in [-0.25, -0.2) is 0 Å². The molecular weight excluding hydrogens is 467 g/mol. The number of benzene rings is 1. The molecule has 0 aromatic heterocycles. The summed E-state index contributed by atoms with van der Waals surface area (Å²) in [5.74, 6) is 2.44. The number of likely N-dealkylation sites (tertiary alicyclic amines) is 1. The van der Waals surface area contributed by atoms with Gasteiger partial charge in [-0.2, -0.15) is 0 Å². The van der Waals surface area contributed by atoms with E-state index in [9.17, 15) is 0 Å². The van der Waals surface area contributed by atoms with E-state index < -0.39 is 0 Å². The highest BCUT2D eigenvalue weighted by Gasteiger charge is 2.21. The molecule has 7 heteroatoms. The lowest BCUT2D eigenvalue weighted by Crippen LogP contribution is -2.49. The van der Waals surface area contributed by atoms with E-state index in [2.05, 4.69) is 42.4 Å². The van der Waals surface area contributed by atoms with Crippen LogP contribution in [0.4, 0.5) is 0 Å². The van der Waals surface area contributed by atoms with Gasteiger partial charge in [-0.05, 0) is 57.7 Å². The van der Waals surface area contributed by atoms with Crippen molar-refractivity contribution in [2.24, 2.45) is 4.99 Å². The third kappa shape index (κ3) is 7.66. The Hall–Kier alpha value is -1.22. The van der Waals surface area contributed by atoms with Crippen LogP contribution in [0, 0.1) is 0 Å². The molecule has 1 saturated heterocycles. The van der Waals surface area contributed by atoms with E-state index in [0.29, 0.717) is 12.1 Å². The van der Waals surface area contributed by atoms with Gasteiger partial charge >= 0.3 is 0 Å². The SMILES string of the molecule is CCNC(=NCCc1ccc(OC)c(OC)c1)NC1CCN(C(C)C)CC1.I. The molecule has 1 aliphatic rings. The van der Waals surface area contributed by atoms with Crippen molar-refractivity contribution in [1.29, 1.82) is 0 Å². The van der Waals surface area contributed by atoms with E-state index >= 15 is 0 Å². The molecule has 0 amide bonds. The van der Waals surface area contributed by atoms with E-state index in [1.165, 1.54) is 5.56 Å². The van der Waals surface area contributed by atoms with Gasteiger partial charge in [0.05, 0.1) is 14.2 Å². The predicted octanol–water partition coefficient (Wildman–Crippen LogP) is 3.29. The normalized spacial score (nSPS) is 15.9. The highest BCUT2D eigenvalue weighted by atomic mass is 127. The second-order valence-corrected chi connectivity index (χ2v) is 7.25. The van der Waals surface area contributed by atoms with Crippen LogP contribution >= 0.6 is 24.0 Å². The molecule has 28 heavy (non-hydrogen) atoms. The first kappa shape index (κ1) is 24.8. The third-order valence-electron chi connectivity index (χ3n) is 5.06. The van der Waals surface area contributed by atoms with Crippen molar-refractivity contribution in [2.75, 3.05) is 40.4 Å². The summed E-state index contributed by atoms with van der Waals surface area (Å²) in [5, 5.41) is 6.98. The molecular formula is C21H37IN4O2. The Morgan fingerprint density at radius 1 is 1.18 bits per heavy atom. The van der Waals surface area contributed by atoms with E-state index in [-0.39, 0.29) is 24.0 Å². The molecule has 160 valence electrons. The van der Waals surface area contributed by atoms with Crippen LogP contribution in [0.3, 0.4) is 0 Å². The maximum Gasteiger partial charge on any atom is 0.191 e. The smallest absolute Gasteiger partial charge is 0.191 e. The predicted molar refractivity (Wildman–Crippen MR) is 128 cm³/mol. The van der Waals surface area contributed by atoms with Crippen LogP contribution in [0.2, 0.25) is 0 Å². The zero-order valence-electron chi connectivity index (χ0n) is 18.0. The standard InChI is InChI=1S/C21H36N4O2.HI/c1-6-22-21(24-18-10-13-25(14-11-18)16(2)3)23-12-9-17-7-8-19(26-4)20(15-17)27-5;/h7-8,15-16,18H,6,9-14H2,1-5H3,(H2,22,23,24);1H. The van der Waals surface area contributed by atoms with Crippen LogP contribution < -0.4 is 20.1 Å². The second kappa shape index (κ2) is 13.1. The van der Waals surface area contributed by atoms with Crippen molar-refractivity contribution < 1.29 is 9.47 Å². The third-order valence-corrected chi connectivity index (χ3v) is 5.06. The number of guanidine groups is 1. The first-order chi connectivity index (χ1) is 13.1. The molecule has 0 atom stereocenters. The molecule has 2 N–H and O–H groups in total. The number of piperidine rings is 1. The molecule has 1 aromatic rings. The number of hydrogen-bond donors (Lipinski definition) is 2. The fourth-order valence-corrected chi connectivity index (χ4v) is 3.41. The summed E-state index contributed by atoms with van der Waals surface area (Å²) in [6, 6.07) is 7.17. The summed E-state index contributed by atoms with van der Waals surface area (Å²) in [5.41, 5.74) is 1.19. The molecule has 0 bridgehead atoms. The highest BCUT2D eigenvalue weighted by Crippen LogP contribution is 2.27. The minimum Gasteiger partial charge on any atom is -0.493 e. The Bertz CT molecular complexity index is 602. The van der Waals surface area contributed by atoms with Crippen molar-refractivity contribution in [2.45, 2.75) is 52.1 Å². The second-order valence-electron chi connectivity index (χ2n) is 7.25. The topological polar surface area (TPSA) is 58.1 Å². The average Bonchev–Trinajstić information content (AvgIpc) is 2.68. The summed E-state index contributed by atoms with van der Waals surface area (Å²) in [4.78, 5) is 7.30. The number of halogens is 1. The molecule has 1 aromatic carbocycles. The Kier molecular flexibility index (Phi) is 11.6. The van der Waals surface area contributed by atoms with Crippen LogP contribution in [0.5, 0.6) is 11.5 Å². The number of ether oxygens (including phenoxy) is 2. The first-order valence-electron chi connectivity index (χ1n) is 10.1. The van der Waals surface area contributed by atoms with Gasteiger partial charge in [-0.15, -0.1) is 24.0 Å². The van der Waals surface area contributed by atoms with Crippen LogP contribution in [0.25, 0.3) is 0 Å². The van der Waals surface area contributed by atoms with E-state index in [1.54, 1.807) is 14.2 Å². The zero-order valence-corrected chi connectivity index (χ0v) is 20.3. The number of nitrogens with zero attached hydrogens (tertiary/aromatic N) is 2. The number of rotatable bonds is 8. The number of hydrogen-bond acceptors (Lipinski definition) is 4. The lowest BCUT2D eigenvalue weighted by atomic mass is 10.0. The quantitative estimate of drug-likeness (QED) is 0.323. The Morgan fingerprint density at radius 3 is 2.43 bits per heavy atom. The largest absolute Gasteiger partial charge is 0.493 e. The molecule has 1 aliphatic heterocycles. The lowest BCUT2D eigenvalue weighted by Gasteiger charge is -2.35. The van der Waals surface area contributed by atoms with Gasteiger partial charge in [-0.3, -0.25) is 4.99 Å². The minimum atomic E-state index is 0. The van der Waals surface area contributed by atoms with Crippen LogP contribution in [-0.2, 0) is 6.42 Å². The maximum absolute atomic E-state index is 5.38. The number of methoxy groups -OCH3 is 2. The molecule has 0 unspecified atom stereocenters. The molecule has 0 spiro atoms. The van der Waals surface area contributed by atoms with Crippen molar-refractivity contribution in [3.63, 3.8) is 0 Å². The van der Waals surface area contributed by atoms with E-state index in [1.807, 2.05) is 12.1 Å². The first-order valence-corrected chi connectivity index (χ1v) is 10.1. The van der Waals surface area contributed by atoms with E-state index in [4.69, 9.17) is 14.5 Å². The average molecular weight is 504 g/mol. The van der Waals surface area contributed by atoms with Gasteiger partial charge < -0.3 is 25.0 Å². The minimum absolute atomic E-state index is 0. The van der Waals surface area contributed by atoms with Crippen molar-refractivity contribution in [1.82, 2.24) is 15.5 Å². The summed E-state index contributed by atoms with van der Waals surface area (Å²) in [6.45, 7) is 10.6. The molecule has 1 heterocycles. The summed E-state index contributed by atoms with van der Waals surface area (Å²) in [6.07, 6.45) is 3.19. The Labute approximate surface area is 187 Å². The van der Waals surface area contributed by atoms with Crippen molar-refractivity contribution >= 4 is 29.9 Å². The van der Waals surface area contributed by atoms with Gasteiger partial charge in [-0.1, -0.05) is 6.07 Å². The van der Waals surface area contributed by atoms with Crippen molar-refractivity contribution in [3.05, 3.63) is 23.8 Å². The molecule has 1 fully saturated rings. The summed E-state index contributed by atoms with van der Waals surface area (Å²) < 4.78 is 10.7. The lowest BCUT2D eigenvalue weighted by molar-refractivity contribution is 0.167. The van der Waals surface area contributed by atoms with Crippen molar-refractivity contribution in [3.8, 4) is 11.5 Å². The van der Waals surface area contributed by atoms with E-state index in [0.717, 1.165) is 62.9 Å². The van der Waals surface area contributed by atoms with Gasteiger partial charge in [0.1, 0.15) is 0 Å². The van der Waals surface area contributed by atoms with Crippen LogP contribution in [0.15, 0.2) is 23.2 Å². The Balaban J connectivity index is 0.00000392. The fourth-order valence-electron chi connectivity index (χ4n) is 3.41. The number of aliphatic imine (C=N–C) groups is 1. The zero-order chi connectivity index (χ0) is 19.6. The molecule has 0 aliphatic carbocycles. The molecule has 0 radical (unpaired) electrons. The van der Waals surface area contributed by atoms with Crippen LogP contribution in [0.1, 0.15) is 39.2 Å². The molecule has 2 rings (SSSR count). The highest BCUT2D eigenvalue weighted by molar-refractivity contribution is 14.0. The maximum atomic E-state index is 5.38. The molecule has 0 saturated carbocycles. The van der Waals surface area contributed by atoms with Gasteiger partial charge in [0.2, 0.25) is 0 Å². The number of nitrogens with one attached hydrogen (secondary N) is 2. The molecule has 6 nitrogen and oxygen atoms in total. The fraction of sp³-hybridized carbons (Fsp3) is 0.667. The van der Waals surface area contributed by atoms with Gasteiger partial charge in [0, 0.05) is 38.3 Å². The van der Waals surface area contributed by atoms with Crippen LogP contribution in [-0.4, -0.2) is 63.3 Å². The monoisotopic (exact) mass is 504 g/mol. The van der Waals surface area contributed by atoms with Gasteiger partial charge in [0.25, 0.3) is 0 Å². The summed E-state index contributed by atoms with van der Waals surface area (Å²) >= 11 is 0. The Morgan fingerprint density at radius 2 is 1.86 bits per heavy atom. The summed E-state index contributed by atoms with van der Waals surface area (Å²) in [7, 11) is 3.32.